The summed E-state index contributed by atoms with van der Waals surface area (Å²) in [5.74, 6) is -0.550. The molecule has 0 atom stereocenters. The number of furan rings is 1. The zero-order valence-corrected chi connectivity index (χ0v) is 20.7. The van der Waals surface area contributed by atoms with Crippen molar-refractivity contribution in [3.8, 4) is 5.75 Å². The molecule has 3 rings (SSSR count). The van der Waals surface area contributed by atoms with E-state index in [9.17, 15) is 9.59 Å². The molecule has 170 valence electrons. The molecule has 0 aliphatic carbocycles. The van der Waals surface area contributed by atoms with E-state index in [-0.39, 0.29) is 56.3 Å². The van der Waals surface area contributed by atoms with Gasteiger partial charge in [-0.15, -0.1) is 11.3 Å². The van der Waals surface area contributed by atoms with E-state index in [1.807, 2.05) is 0 Å². The van der Waals surface area contributed by atoms with E-state index in [4.69, 9.17) is 71.9 Å². The number of anilines is 1. The molecule has 2 heterocycles. The number of nitrogens with one attached hydrogen (secondary N) is 1. The van der Waals surface area contributed by atoms with Crippen molar-refractivity contribution in [2.45, 2.75) is 20.0 Å². The number of benzene rings is 1. The van der Waals surface area contributed by atoms with Gasteiger partial charge in [-0.05, 0) is 19.1 Å². The number of esters is 1. The summed E-state index contributed by atoms with van der Waals surface area (Å²) in [4.78, 5) is 28.1. The number of hydrogen-bond donors (Lipinski definition) is 1. The summed E-state index contributed by atoms with van der Waals surface area (Å²) in [7, 11) is 0. The number of halogens is 5. The SMILES string of the molecule is CCOC(=O)Cc1csc(NC(=O)c2ccc(COc3c(Cl)c(Cl)c(Cl)c(Cl)c3Cl)o2)n1. The van der Waals surface area contributed by atoms with Crippen LogP contribution in [0.3, 0.4) is 0 Å². The van der Waals surface area contributed by atoms with Gasteiger partial charge in [-0.1, -0.05) is 58.0 Å². The van der Waals surface area contributed by atoms with Crippen LogP contribution in [0.2, 0.25) is 25.1 Å². The Balaban J connectivity index is 1.62. The minimum Gasteiger partial charge on any atom is -0.482 e. The second-order valence-corrected chi connectivity index (χ2v) is 8.78. The maximum Gasteiger partial charge on any atom is 0.311 e. The monoisotopic (exact) mass is 556 g/mol. The largest absolute Gasteiger partial charge is 0.482 e. The van der Waals surface area contributed by atoms with E-state index < -0.39 is 11.9 Å². The molecule has 1 aromatic carbocycles. The highest BCUT2D eigenvalue weighted by Crippen LogP contribution is 2.48. The first-order valence-electron chi connectivity index (χ1n) is 8.85. The minimum atomic E-state index is -0.526. The lowest BCUT2D eigenvalue weighted by atomic mass is 10.3. The van der Waals surface area contributed by atoms with Gasteiger partial charge in [0.05, 0.1) is 33.8 Å². The van der Waals surface area contributed by atoms with Crippen molar-refractivity contribution in [2.24, 2.45) is 0 Å². The van der Waals surface area contributed by atoms with E-state index in [0.717, 1.165) is 0 Å². The average molecular weight is 559 g/mol. The third-order valence-corrected chi connectivity index (χ3v) is 6.87. The summed E-state index contributed by atoms with van der Waals surface area (Å²) < 4.78 is 15.9. The normalized spacial score (nSPS) is 10.8. The average Bonchev–Trinajstić information content (AvgIpc) is 3.40. The van der Waals surface area contributed by atoms with Crippen LogP contribution in [0.15, 0.2) is 21.9 Å². The van der Waals surface area contributed by atoms with Crippen LogP contribution in [0.1, 0.15) is 28.9 Å². The summed E-state index contributed by atoms with van der Waals surface area (Å²) >= 11 is 31.4. The molecule has 0 bridgehead atoms. The molecule has 0 saturated carbocycles. The molecule has 0 saturated heterocycles. The highest BCUT2D eigenvalue weighted by Gasteiger charge is 2.21. The highest BCUT2D eigenvalue weighted by molar-refractivity contribution is 7.14. The van der Waals surface area contributed by atoms with Crippen molar-refractivity contribution in [3.63, 3.8) is 0 Å². The zero-order valence-electron chi connectivity index (χ0n) is 16.1. The standard InChI is InChI=1S/C19H13Cl5N2O5S/c1-2-29-11(27)5-8-7-32-19(25-8)26-18(28)10-4-3-9(31-10)6-30-17-15(23)13(21)12(20)14(22)16(17)24/h3-4,7H,2,5-6H2,1H3,(H,25,26,28). The fourth-order valence-electron chi connectivity index (χ4n) is 2.40. The molecule has 1 N–H and O–H groups in total. The molecule has 13 heteroatoms. The fraction of sp³-hybridized carbons (Fsp3) is 0.211. The van der Waals surface area contributed by atoms with Crippen LogP contribution in [-0.2, 0) is 22.6 Å². The Labute approximate surface area is 211 Å². The van der Waals surface area contributed by atoms with Crippen LogP contribution >= 0.6 is 69.3 Å². The number of aromatic nitrogens is 1. The van der Waals surface area contributed by atoms with E-state index in [2.05, 4.69) is 10.3 Å². The molecule has 0 fully saturated rings. The van der Waals surface area contributed by atoms with Crippen LogP contribution in [0.4, 0.5) is 5.13 Å². The molecule has 0 unspecified atom stereocenters. The van der Waals surface area contributed by atoms with E-state index in [1.165, 1.54) is 17.4 Å². The van der Waals surface area contributed by atoms with E-state index >= 15 is 0 Å². The summed E-state index contributed by atoms with van der Waals surface area (Å²) in [5.41, 5.74) is 0.492. The number of thiazole rings is 1. The molecule has 0 aliphatic rings. The molecule has 1 amide bonds. The number of ether oxygens (including phenoxy) is 2. The van der Waals surface area contributed by atoms with Gasteiger partial charge in [0.25, 0.3) is 5.91 Å². The van der Waals surface area contributed by atoms with Crippen LogP contribution in [0.5, 0.6) is 5.75 Å². The number of rotatable bonds is 8. The van der Waals surface area contributed by atoms with Gasteiger partial charge in [0.1, 0.15) is 22.4 Å². The Hall–Kier alpha value is -1.68. The summed E-state index contributed by atoms with van der Waals surface area (Å²) in [6.45, 7) is 1.89. The van der Waals surface area contributed by atoms with Crippen molar-refractivity contribution in [2.75, 3.05) is 11.9 Å². The first kappa shape index (κ1) is 25.0. The summed E-state index contributed by atoms with van der Waals surface area (Å²) in [5, 5.41) is 4.59. The lowest BCUT2D eigenvalue weighted by Gasteiger charge is -2.12. The summed E-state index contributed by atoms with van der Waals surface area (Å²) in [6, 6.07) is 3.01. The second-order valence-electron chi connectivity index (χ2n) is 6.03. The molecule has 32 heavy (non-hydrogen) atoms. The van der Waals surface area contributed by atoms with Crippen molar-refractivity contribution in [3.05, 3.63) is 59.8 Å². The predicted molar refractivity (Wildman–Crippen MR) is 125 cm³/mol. The van der Waals surface area contributed by atoms with Gasteiger partial charge in [0.2, 0.25) is 0 Å². The second kappa shape index (κ2) is 11.0. The quantitative estimate of drug-likeness (QED) is 0.183. The topological polar surface area (TPSA) is 90.7 Å². The number of carbonyl (C=O) groups excluding carboxylic acids is 2. The maximum absolute atomic E-state index is 12.4. The van der Waals surface area contributed by atoms with Crippen molar-refractivity contribution < 1.29 is 23.5 Å². The lowest BCUT2D eigenvalue weighted by molar-refractivity contribution is -0.142. The molecule has 3 aromatic rings. The molecular weight excluding hydrogens is 546 g/mol. The van der Waals surface area contributed by atoms with Gasteiger partial charge in [0.15, 0.2) is 16.6 Å². The van der Waals surface area contributed by atoms with Crippen molar-refractivity contribution in [1.82, 2.24) is 4.98 Å². The van der Waals surface area contributed by atoms with E-state index in [1.54, 1.807) is 18.4 Å². The maximum atomic E-state index is 12.4. The molecule has 0 spiro atoms. The van der Waals surface area contributed by atoms with Gasteiger partial charge in [-0.2, -0.15) is 0 Å². The van der Waals surface area contributed by atoms with E-state index in [0.29, 0.717) is 16.6 Å². The molecule has 0 radical (unpaired) electrons. The molecule has 7 nitrogen and oxygen atoms in total. The number of hydrogen-bond acceptors (Lipinski definition) is 7. The highest BCUT2D eigenvalue weighted by atomic mass is 35.5. The molecule has 2 aromatic heterocycles. The van der Waals surface area contributed by atoms with Gasteiger partial charge in [-0.25, -0.2) is 4.98 Å². The molecule has 0 aliphatic heterocycles. The number of nitrogens with zero attached hydrogens (tertiary/aromatic N) is 1. The third-order valence-electron chi connectivity index (χ3n) is 3.82. The van der Waals surface area contributed by atoms with Crippen molar-refractivity contribution in [1.29, 1.82) is 0 Å². The van der Waals surface area contributed by atoms with Gasteiger partial charge in [0, 0.05) is 5.38 Å². The van der Waals surface area contributed by atoms with Gasteiger partial charge >= 0.3 is 5.97 Å². The Morgan fingerprint density at radius 3 is 2.38 bits per heavy atom. The van der Waals surface area contributed by atoms with Crippen LogP contribution < -0.4 is 10.1 Å². The van der Waals surface area contributed by atoms with Crippen LogP contribution in [0, 0.1) is 0 Å². The number of carbonyl (C=O) groups is 2. The third kappa shape index (κ3) is 5.81. The Bertz CT molecular complexity index is 1130. The predicted octanol–water partition coefficient (Wildman–Crippen LogP) is 6.94. The van der Waals surface area contributed by atoms with Gasteiger partial charge < -0.3 is 13.9 Å². The fourth-order valence-corrected chi connectivity index (χ4v) is 4.33. The summed E-state index contributed by atoms with van der Waals surface area (Å²) in [6.07, 6.45) is 0.0201. The number of amides is 1. The molecular formula is C19H13Cl5N2O5S. The lowest BCUT2D eigenvalue weighted by Crippen LogP contribution is -2.11. The minimum absolute atomic E-state index is 0.00187. The smallest absolute Gasteiger partial charge is 0.311 e. The first-order chi connectivity index (χ1) is 15.2. The van der Waals surface area contributed by atoms with Crippen LogP contribution in [0.25, 0.3) is 0 Å². The van der Waals surface area contributed by atoms with Gasteiger partial charge in [-0.3, -0.25) is 14.9 Å². The zero-order chi connectivity index (χ0) is 23.4. The Morgan fingerprint density at radius 1 is 1.06 bits per heavy atom. The van der Waals surface area contributed by atoms with Crippen molar-refractivity contribution >= 4 is 86.3 Å². The Kier molecular flexibility index (Phi) is 8.55. The first-order valence-corrected chi connectivity index (χ1v) is 11.6. The Morgan fingerprint density at radius 2 is 1.72 bits per heavy atom. The van der Waals surface area contributed by atoms with Crippen LogP contribution in [-0.4, -0.2) is 23.5 Å².